The van der Waals surface area contributed by atoms with Crippen LogP contribution in [0.2, 0.25) is 0 Å². The van der Waals surface area contributed by atoms with Crippen LogP contribution < -0.4 is 16.9 Å². The van der Waals surface area contributed by atoms with Crippen molar-refractivity contribution in [2.24, 2.45) is 22.6 Å². The Bertz CT molecular complexity index is 1340. The van der Waals surface area contributed by atoms with Gasteiger partial charge in [0.2, 0.25) is 11.1 Å². The number of hydrogen-bond acceptors (Lipinski definition) is 9. The molecule has 0 aromatic carbocycles. The molecule has 4 aromatic rings. The third-order valence-electron chi connectivity index (χ3n) is 4.92. The van der Waals surface area contributed by atoms with Crippen molar-refractivity contribution in [3.8, 4) is 0 Å². The number of fused-ring (bicyclic) bond motifs is 2. The van der Waals surface area contributed by atoms with Gasteiger partial charge in [0, 0.05) is 17.7 Å². The number of anilines is 1. The zero-order valence-electron chi connectivity index (χ0n) is 17.2. The van der Waals surface area contributed by atoms with E-state index in [1.165, 1.54) is 16.9 Å². The Morgan fingerprint density at radius 1 is 1.25 bits per heavy atom. The Hall–Kier alpha value is -3.71. The molecular weight excluding hydrogens is 430 g/mol. The minimum atomic E-state index is 0.00763. The second kappa shape index (κ2) is 8.09. The molecule has 0 saturated heterocycles. The van der Waals surface area contributed by atoms with E-state index in [9.17, 15) is 4.79 Å². The lowest BCUT2D eigenvalue weighted by atomic mass is 10.2. The lowest BCUT2D eigenvalue weighted by molar-refractivity contribution is -0.117. The van der Waals surface area contributed by atoms with E-state index in [1.54, 1.807) is 16.9 Å². The van der Waals surface area contributed by atoms with Crippen molar-refractivity contribution < 1.29 is 4.79 Å². The van der Waals surface area contributed by atoms with Gasteiger partial charge in [-0.05, 0) is 55.8 Å². The molecule has 0 radical (unpaired) electrons. The number of carbonyl (C=O) groups excluding carboxylic acids is 1. The fourth-order valence-electron chi connectivity index (χ4n) is 3.00. The zero-order chi connectivity index (χ0) is 22.2. The second-order valence-corrected chi connectivity index (χ2v) is 8.32. The van der Waals surface area contributed by atoms with Crippen molar-refractivity contribution in [2.75, 3.05) is 11.9 Å². The van der Waals surface area contributed by atoms with Gasteiger partial charge in [0.15, 0.2) is 22.9 Å². The zero-order valence-corrected chi connectivity index (χ0v) is 18.0. The quantitative estimate of drug-likeness (QED) is 0.162. The maximum absolute atomic E-state index is 12.0. The maximum Gasteiger partial charge on any atom is 0.228 e. The molecule has 5 rings (SSSR count). The van der Waals surface area contributed by atoms with E-state index >= 15 is 0 Å². The van der Waals surface area contributed by atoms with E-state index in [0.717, 1.165) is 12.8 Å². The van der Waals surface area contributed by atoms with E-state index < -0.39 is 0 Å². The Morgan fingerprint density at radius 3 is 2.84 bits per heavy atom. The molecule has 5 N–H and O–H groups in total. The summed E-state index contributed by atoms with van der Waals surface area (Å²) in [5.41, 5.74) is 8.07. The summed E-state index contributed by atoms with van der Waals surface area (Å²) in [5.74, 6) is 6.62. The molecule has 32 heavy (non-hydrogen) atoms. The number of amides is 1. The van der Waals surface area contributed by atoms with Crippen LogP contribution in [0.15, 0.2) is 51.9 Å². The lowest BCUT2D eigenvalue weighted by Gasteiger charge is -2.10. The van der Waals surface area contributed by atoms with Crippen molar-refractivity contribution in [1.29, 1.82) is 0 Å². The van der Waals surface area contributed by atoms with Crippen molar-refractivity contribution in [2.45, 2.75) is 29.9 Å². The highest BCUT2D eigenvalue weighted by Crippen LogP contribution is 2.30. The number of pyridine rings is 1. The van der Waals surface area contributed by atoms with Gasteiger partial charge >= 0.3 is 0 Å². The minimum absolute atomic E-state index is 0.00763. The highest BCUT2D eigenvalue weighted by Gasteiger charge is 2.30. The lowest BCUT2D eigenvalue weighted by Crippen LogP contribution is -2.29. The molecule has 1 saturated carbocycles. The minimum Gasteiger partial charge on any atom is -0.382 e. The predicted molar refractivity (Wildman–Crippen MR) is 119 cm³/mol. The molecule has 4 aromatic heterocycles. The average molecular weight is 452 g/mol. The summed E-state index contributed by atoms with van der Waals surface area (Å²) in [6.07, 6.45) is 5.38. The number of nitrogens with one attached hydrogen (secondary N) is 1. The highest BCUT2D eigenvalue weighted by molar-refractivity contribution is 7.99. The van der Waals surface area contributed by atoms with Gasteiger partial charge in [-0.3, -0.25) is 9.20 Å². The number of nitrogens with zero attached hydrogens (tertiary/aromatic N) is 8. The van der Waals surface area contributed by atoms with Crippen LogP contribution >= 0.6 is 11.8 Å². The van der Waals surface area contributed by atoms with Crippen LogP contribution in [-0.4, -0.2) is 52.6 Å². The van der Waals surface area contributed by atoms with Gasteiger partial charge in [-0.1, -0.05) is 0 Å². The first kappa shape index (κ1) is 20.2. The first-order chi connectivity index (χ1) is 15.5. The number of hydrazone groups is 1. The van der Waals surface area contributed by atoms with Crippen LogP contribution in [0.1, 0.15) is 25.3 Å². The third kappa shape index (κ3) is 4.07. The number of nitrogens with two attached hydrogens (primary N) is 2. The number of aromatic nitrogens is 6. The molecule has 0 aliphatic heterocycles. The van der Waals surface area contributed by atoms with Crippen LogP contribution in [0.3, 0.4) is 0 Å². The molecule has 13 heteroatoms. The molecule has 0 unspecified atom stereocenters. The molecule has 164 valence electrons. The van der Waals surface area contributed by atoms with Crippen LogP contribution in [-0.2, 0) is 4.79 Å². The van der Waals surface area contributed by atoms with E-state index in [0.29, 0.717) is 45.2 Å². The normalized spacial score (nSPS) is 14.2. The Morgan fingerprint density at radius 2 is 2.06 bits per heavy atom. The van der Waals surface area contributed by atoms with Gasteiger partial charge in [0.25, 0.3) is 0 Å². The fraction of sp³-hybridized carbons (Fsp3) is 0.263. The topological polar surface area (TPSA) is 157 Å². The van der Waals surface area contributed by atoms with E-state index in [4.69, 9.17) is 11.6 Å². The molecule has 12 nitrogen and oxygen atoms in total. The van der Waals surface area contributed by atoms with Crippen molar-refractivity contribution in [1.82, 2.24) is 34.3 Å². The molecule has 0 bridgehead atoms. The third-order valence-corrected chi connectivity index (χ3v) is 5.81. The largest absolute Gasteiger partial charge is 0.382 e. The Kier molecular flexibility index (Phi) is 5.11. The van der Waals surface area contributed by atoms with Crippen molar-refractivity contribution >= 4 is 40.6 Å². The monoisotopic (exact) mass is 451 g/mol. The average Bonchev–Trinajstić information content (AvgIpc) is 3.46. The van der Waals surface area contributed by atoms with Crippen molar-refractivity contribution in [3.63, 3.8) is 0 Å². The van der Waals surface area contributed by atoms with Gasteiger partial charge in [-0.25, -0.2) is 20.5 Å². The molecule has 1 aliphatic rings. The molecule has 1 aliphatic carbocycles. The molecule has 4 heterocycles. The number of carbonyl (C=O) groups is 1. The summed E-state index contributed by atoms with van der Waals surface area (Å²) in [6, 6.07) is 7.30. The van der Waals surface area contributed by atoms with Gasteiger partial charge in [0.1, 0.15) is 5.03 Å². The standard InChI is InChI=1S/C19H21N11OS/c1-2-30(21)27-17(20)12-5-6-15-24-25-19(28(15)9-12)32-16-8-7-14-22-13(10-29(14)26-16)23-18(31)11-3-4-11/h5-11H,2-4,21H2,1H3,(H2,20,27)(H,23,31). The summed E-state index contributed by atoms with van der Waals surface area (Å²) in [4.78, 5) is 16.4. The second-order valence-electron chi connectivity index (χ2n) is 7.34. The summed E-state index contributed by atoms with van der Waals surface area (Å²) >= 11 is 1.34. The molecule has 1 fully saturated rings. The molecule has 0 atom stereocenters. The highest BCUT2D eigenvalue weighted by atomic mass is 32.2. The number of hydrazine groups is 1. The SMILES string of the molecule is CCN(N)/N=C(\N)c1ccc2nnc(Sc3ccc4nc(NC(=O)C5CC5)cn4n3)n2c1. The predicted octanol–water partition coefficient (Wildman–Crippen LogP) is 1.09. The smallest absolute Gasteiger partial charge is 0.228 e. The van der Waals surface area contributed by atoms with Gasteiger partial charge in [-0.15, -0.1) is 15.3 Å². The fourth-order valence-corrected chi connectivity index (χ4v) is 3.78. The Labute approximate surface area is 186 Å². The summed E-state index contributed by atoms with van der Waals surface area (Å²) in [7, 11) is 0. The first-order valence-electron chi connectivity index (χ1n) is 10.1. The summed E-state index contributed by atoms with van der Waals surface area (Å²) in [5, 5.41) is 22.6. The summed E-state index contributed by atoms with van der Waals surface area (Å²) < 4.78 is 3.45. The van der Waals surface area contributed by atoms with E-state index in [-0.39, 0.29) is 11.8 Å². The number of amidine groups is 1. The first-order valence-corrected chi connectivity index (χ1v) is 10.9. The van der Waals surface area contributed by atoms with Gasteiger partial charge < -0.3 is 11.1 Å². The Balaban J connectivity index is 1.40. The molecule has 1 amide bonds. The summed E-state index contributed by atoms with van der Waals surface area (Å²) in [6.45, 7) is 2.41. The van der Waals surface area contributed by atoms with Crippen LogP contribution in [0, 0.1) is 5.92 Å². The molecular formula is C19H21N11OS. The number of rotatable bonds is 7. The number of imidazole rings is 1. The number of hydrogen-bond donors (Lipinski definition) is 3. The van der Waals surface area contributed by atoms with Crippen molar-refractivity contribution in [3.05, 3.63) is 42.2 Å². The molecule has 0 spiro atoms. The van der Waals surface area contributed by atoms with Gasteiger partial charge in [0.05, 0.1) is 12.7 Å². The van der Waals surface area contributed by atoms with Crippen LogP contribution in [0.4, 0.5) is 5.82 Å². The van der Waals surface area contributed by atoms with Crippen LogP contribution in [0.25, 0.3) is 11.3 Å². The van der Waals surface area contributed by atoms with Crippen LogP contribution in [0.5, 0.6) is 0 Å². The van der Waals surface area contributed by atoms with Gasteiger partial charge in [-0.2, -0.15) is 5.10 Å². The van der Waals surface area contributed by atoms with E-state index in [1.807, 2.05) is 35.6 Å². The maximum atomic E-state index is 12.0. The van der Waals surface area contributed by atoms with E-state index in [2.05, 4.69) is 30.7 Å².